The van der Waals surface area contributed by atoms with Crippen LogP contribution in [0.5, 0.6) is 0 Å². The van der Waals surface area contributed by atoms with Crippen LogP contribution in [-0.2, 0) is 11.3 Å². The summed E-state index contributed by atoms with van der Waals surface area (Å²) in [5.41, 5.74) is 5.66. The standard InChI is InChI=1S/C11H16BrN3O/c1-11(2,10(13)16)7-14-6-8-4-3-5-9(12)15-8/h3-5,14H,6-7H2,1-2H3,(H2,13,16). The van der Waals surface area contributed by atoms with Gasteiger partial charge in [0.15, 0.2) is 0 Å². The Kier molecular flexibility index (Phi) is 4.44. The van der Waals surface area contributed by atoms with E-state index in [-0.39, 0.29) is 5.91 Å². The van der Waals surface area contributed by atoms with Crippen molar-refractivity contribution in [2.45, 2.75) is 20.4 Å². The van der Waals surface area contributed by atoms with Gasteiger partial charge in [-0.15, -0.1) is 0 Å². The maximum Gasteiger partial charge on any atom is 0.224 e. The van der Waals surface area contributed by atoms with E-state index in [9.17, 15) is 4.79 Å². The molecule has 1 aromatic heterocycles. The molecule has 0 saturated carbocycles. The minimum Gasteiger partial charge on any atom is -0.369 e. The average Bonchev–Trinajstić information content (AvgIpc) is 2.17. The van der Waals surface area contributed by atoms with Crippen LogP contribution >= 0.6 is 15.9 Å². The molecule has 0 aliphatic heterocycles. The molecule has 0 radical (unpaired) electrons. The number of amides is 1. The molecule has 0 spiro atoms. The summed E-state index contributed by atoms with van der Waals surface area (Å²) >= 11 is 3.30. The van der Waals surface area contributed by atoms with Gasteiger partial charge in [-0.25, -0.2) is 4.98 Å². The molecule has 0 atom stereocenters. The van der Waals surface area contributed by atoms with Gasteiger partial charge in [0.1, 0.15) is 4.60 Å². The Balaban J connectivity index is 2.45. The third kappa shape index (κ3) is 3.90. The molecule has 0 saturated heterocycles. The van der Waals surface area contributed by atoms with Crippen molar-refractivity contribution in [2.24, 2.45) is 11.1 Å². The zero-order valence-corrected chi connectivity index (χ0v) is 11.0. The van der Waals surface area contributed by atoms with Crippen LogP contribution in [0.3, 0.4) is 0 Å². The fourth-order valence-electron chi connectivity index (χ4n) is 1.14. The predicted octanol–water partition coefficient (Wildman–Crippen LogP) is 1.45. The lowest BCUT2D eigenvalue weighted by molar-refractivity contribution is -0.125. The monoisotopic (exact) mass is 285 g/mol. The van der Waals surface area contributed by atoms with Gasteiger partial charge in [-0.3, -0.25) is 4.79 Å². The number of carbonyl (C=O) groups is 1. The highest BCUT2D eigenvalue weighted by molar-refractivity contribution is 9.10. The number of carbonyl (C=O) groups excluding carboxylic acids is 1. The van der Waals surface area contributed by atoms with Crippen molar-refractivity contribution in [1.82, 2.24) is 10.3 Å². The van der Waals surface area contributed by atoms with Crippen LogP contribution in [0.25, 0.3) is 0 Å². The maximum absolute atomic E-state index is 11.1. The van der Waals surface area contributed by atoms with Gasteiger partial charge in [0.25, 0.3) is 0 Å². The molecule has 0 unspecified atom stereocenters. The summed E-state index contributed by atoms with van der Waals surface area (Å²) in [5.74, 6) is -0.304. The first-order chi connectivity index (χ1) is 7.42. The van der Waals surface area contributed by atoms with E-state index in [1.165, 1.54) is 0 Å². The summed E-state index contributed by atoms with van der Waals surface area (Å²) in [6, 6.07) is 5.72. The van der Waals surface area contributed by atoms with Crippen LogP contribution in [0.15, 0.2) is 22.8 Å². The lowest BCUT2D eigenvalue weighted by Crippen LogP contribution is -2.40. The molecule has 0 aliphatic carbocycles. The molecule has 1 heterocycles. The number of nitrogens with one attached hydrogen (secondary N) is 1. The number of halogens is 1. The largest absolute Gasteiger partial charge is 0.369 e. The van der Waals surface area contributed by atoms with Gasteiger partial charge < -0.3 is 11.1 Å². The highest BCUT2D eigenvalue weighted by atomic mass is 79.9. The normalized spacial score (nSPS) is 11.4. The maximum atomic E-state index is 11.1. The lowest BCUT2D eigenvalue weighted by Gasteiger charge is -2.20. The molecule has 5 heteroatoms. The van der Waals surface area contributed by atoms with E-state index < -0.39 is 5.41 Å². The van der Waals surface area contributed by atoms with Gasteiger partial charge in [-0.2, -0.15) is 0 Å². The van der Waals surface area contributed by atoms with Gasteiger partial charge in [-0.05, 0) is 41.9 Å². The van der Waals surface area contributed by atoms with Crippen molar-refractivity contribution in [1.29, 1.82) is 0 Å². The summed E-state index contributed by atoms with van der Waals surface area (Å²) in [5, 5.41) is 3.17. The van der Waals surface area contributed by atoms with E-state index >= 15 is 0 Å². The molecule has 88 valence electrons. The Morgan fingerprint density at radius 3 is 2.81 bits per heavy atom. The van der Waals surface area contributed by atoms with Crippen LogP contribution in [0.4, 0.5) is 0 Å². The van der Waals surface area contributed by atoms with Crippen LogP contribution in [-0.4, -0.2) is 17.4 Å². The summed E-state index contributed by atoms with van der Waals surface area (Å²) in [6.45, 7) is 4.79. The van der Waals surface area contributed by atoms with Gasteiger partial charge >= 0.3 is 0 Å². The first-order valence-corrected chi connectivity index (χ1v) is 5.83. The smallest absolute Gasteiger partial charge is 0.224 e. The zero-order valence-electron chi connectivity index (χ0n) is 9.46. The second-order valence-corrected chi connectivity index (χ2v) is 5.12. The molecular formula is C11H16BrN3O. The van der Waals surface area contributed by atoms with E-state index in [1.807, 2.05) is 32.0 Å². The molecule has 1 amide bonds. The van der Waals surface area contributed by atoms with Crippen molar-refractivity contribution in [2.75, 3.05) is 6.54 Å². The van der Waals surface area contributed by atoms with Crippen molar-refractivity contribution in [3.63, 3.8) is 0 Å². The number of hydrogen-bond acceptors (Lipinski definition) is 3. The third-order valence-electron chi connectivity index (χ3n) is 2.31. The number of primary amides is 1. The third-order valence-corrected chi connectivity index (χ3v) is 2.75. The van der Waals surface area contributed by atoms with Crippen LogP contribution < -0.4 is 11.1 Å². The molecule has 0 aliphatic rings. The van der Waals surface area contributed by atoms with E-state index in [1.54, 1.807) is 0 Å². The Morgan fingerprint density at radius 1 is 1.56 bits per heavy atom. The van der Waals surface area contributed by atoms with Crippen molar-refractivity contribution < 1.29 is 4.79 Å². The van der Waals surface area contributed by atoms with E-state index in [4.69, 9.17) is 5.73 Å². The minimum absolute atomic E-state index is 0.304. The Hall–Kier alpha value is -0.940. The van der Waals surface area contributed by atoms with Crippen molar-refractivity contribution in [3.05, 3.63) is 28.5 Å². The number of rotatable bonds is 5. The van der Waals surface area contributed by atoms with E-state index in [0.717, 1.165) is 10.3 Å². The van der Waals surface area contributed by atoms with Gasteiger partial charge in [-0.1, -0.05) is 6.07 Å². The van der Waals surface area contributed by atoms with E-state index in [0.29, 0.717) is 13.1 Å². The summed E-state index contributed by atoms with van der Waals surface area (Å²) in [6.07, 6.45) is 0. The van der Waals surface area contributed by atoms with Gasteiger partial charge in [0.05, 0.1) is 11.1 Å². The predicted molar refractivity (Wildman–Crippen MR) is 66.6 cm³/mol. The molecule has 16 heavy (non-hydrogen) atoms. The first-order valence-electron chi connectivity index (χ1n) is 5.04. The number of hydrogen-bond donors (Lipinski definition) is 2. The average molecular weight is 286 g/mol. The molecule has 0 bridgehead atoms. The number of aromatic nitrogens is 1. The van der Waals surface area contributed by atoms with Crippen LogP contribution in [0, 0.1) is 5.41 Å². The Labute approximate surface area is 104 Å². The molecule has 0 fully saturated rings. The molecule has 1 aromatic rings. The fraction of sp³-hybridized carbons (Fsp3) is 0.455. The molecule has 3 N–H and O–H groups in total. The summed E-state index contributed by atoms with van der Waals surface area (Å²) < 4.78 is 0.806. The highest BCUT2D eigenvalue weighted by Crippen LogP contribution is 2.12. The second kappa shape index (κ2) is 5.41. The summed E-state index contributed by atoms with van der Waals surface area (Å²) in [4.78, 5) is 15.4. The zero-order chi connectivity index (χ0) is 12.2. The van der Waals surface area contributed by atoms with Crippen molar-refractivity contribution >= 4 is 21.8 Å². The Bertz CT molecular complexity index is 379. The Morgan fingerprint density at radius 2 is 2.25 bits per heavy atom. The SMILES string of the molecule is CC(C)(CNCc1cccc(Br)n1)C(N)=O. The van der Waals surface area contributed by atoms with Gasteiger partial charge in [0, 0.05) is 13.1 Å². The number of pyridine rings is 1. The van der Waals surface area contributed by atoms with Crippen LogP contribution in [0.2, 0.25) is 0 Å². The van der Waals surface area contributed by atoms with E-state index in [2.05, 4.69) is 26.2 Å². The first kappa shape index (κ1) is 13.1. The molecule has 4 nitrogen and oxygen atoms in total. The topological polar surface area (TPSA) is 68.0 Å². The quantitative estimate of drug-likeness (QED) is 0.805. The minimum atomic E-state index is -0.536. The van der Waals surface area contributed by atoms with Crippen molar-refractivity contribution in [3.8, 4) is 0 Å². The highest BCUT2D eigenvalue weighted by Gasteiger charge is 2.23. The number of nitrogens with two attached hydrogens (primary N) is 1. The molecular weight excluding hydrogens is 270 g/mol. The molecule has 1 rings (SSSR count). The lowest BCUT2D eigenvalue weighted by atomic mass is 9.93. The fourth-order valence-corrected chi connectivity index (χ4v) is 1.52. The second-order valence-electron chi connectivity index (χ2n) is 4.30. The summed E-state index contributed by atoms with van der Waals surface area (Å²) in [7, 11) is 0. The van der Waals surface area contributed by atoms with Gasteiger partial charge in [0.2, 0.25) is 5.91 Å². The van der Waals surface area contributed by atoms with Crippen LogP contribution in [0.1, 0.15) is 19.5 Å². The number of nitrogens with zero attached hydrogens (tertiary/aromatic N) is 1. The molecule has 0 aromatic carbocycles.